The van der Waals surface area contributed by atoms with E-state index in [4.69, 9.17) is 4.42 Å². The Morgan fingerprint density at radius 2 is 0.833 bits per heavy atom. The molecule has 0 amide bonds. The van der Waals surface area contributed by atoms with Crippen molar-refractivity contribution in [2.75, 3.05) is 19.6 Å². The van der Waals surface area contributed by atoms with E-state index in [1.807, 2.05) is 0 Å². The molecule has 0 atom stereocenters. The molecule has 0 spiro atoms. The fourth-order valence-corrected chi connectivity index (χ4v) is 11.1. The first kappa shape index (κ1) is 42.2. The number of para-hydroxylation sites is 1. The van der Waals surface area contributed by atoms with Gasteiger partial charge in [-0.2, -0.15) is 0 Å². The van der Waals surface area contributed by atoms with Gasteiger partial charge in [0.05, 0.1) is 7.06 Å². The van der Waals surface area contributed by atoms with Crippen LogP contribution in [0.4, 0.5) is 68.2 Å². The summed E-state index contributed by atoms with van der Waals surface area (Å²) >= 11 is 0. The van der Waals surface area contributed by atoms with E-state index < -0.39 is 0 Å². The van der Waals surface area contributed by atoms with Crippen molar-refractivity contribution in [3.8, 4) is 0 Å². The Bertz CT molecular complexity index is 3820. The van der Waals surface area contributed by atoms with Crippen molar-refractivity contribution in [2.24, 2.45) is 0 Å². The Hall–Kier alpha value is -8.74. The van der Waals surface area contributed by atoms with E-state index in [0.29, 0.717) is 6.04 Å². The topological polar surface area (TPSA) is 26.1 Å². The first-order chi connectivity index (χ1) is 35.6. The lowest BCUT2D eigenvalue weighted by molar-refractivity contribution is 0.669. The predicted molar refractivity (Wildman–Crippen MR) is 306 cm³/mol. The fourth-order valence-electron chi connectivity index (χ4n) is 11.1. The zero-order valence-electron chi connectivity index (χ0n) is 42.4. The van der Waals surface area contributed by atoms with Crippen molar-refractivity contribution < 1.29 is 5.79 Å². The minimum absolute atomic E-state index is 0.259. The van der Waals surface area contributed by atoms with Crippen LogP contribution in [0.15, 0.2) is 217 Å². The second-order valence-corrected chi connectivity index (χ2v) is 19.8. The number of hydrogen-bond acceptors (Lipinski definition) is 5. The summed E-state index contributed by atoms with van der Waals surface area (Å²) in [6, 6.07) is 75.3. The molecule has 2 aliphatic heterocycles. The van der Waals surface area contributed by atoms with Crippen LogP contribution in [0.5, 0.6) is 0 Å². The highest BCUT2D eigenvalue weighted by molar-refractivity contribution is 7.02. The van der Waals surface area contributed by atoms with Gasteiger partial charge in [0.25, 0.3) is 6.71 Å². The Morgan fingerprint density at radius 3 is 1.33 bits per heavy atom. The first-order valence-electron chi connectivity index (χ1n) is 25.4. The number of hydrogen-bond donors (Lipinski definition) is 0. The number of furan rings is 1. The second-order valence-electron chi connectivity index (χ2n) is 19.8. The number of benzene rings is 10. The van der Waals surface area contributed by atoms with Gasteiger partial charge in [-0.25, -0.2) is 0 Å². The number of anilines is 12. The molecule has 13 rings (SSSR count). The Balaban J connectivity index is 1.16. The molecule has 11 aromatic rings. The number of rotatable bonds is 8. The van der Waals surface area contributed by atoms with E-state index in [-0.39, 0.29) is 6.71 Å². The smallest absolute Gasteiger partial charge is 0.253 e. The van der Waals surface area contributed by atoms with E-state index in [1.54, 1.807) is 0 Å². The first-order valence-corrected chi connectivity index (χ1v) is 24.9. The minimum atomic E-state index is -0.259. The molecule has 0 aliphatic carbocycles. The van der Waals surface area contributed by atoms with Crippen molar-refractivity contribution in [3.05, 3.63) is 246 Å². The molecule has 72 heavy (non-hydrogen) atoms. The molecule has 0 radical (unpaired) electrons. The summed E-state index contributed by atoms with van der Waals surface area (Å²) < 4.78 is 17.1. The molecular weight excluding hydrogens is 876 g/mol. The maximum absolute atomic E-state index is 9.78. The highest BCUT2D eigenvalue weighted by Gasteiger charge is 2.46. The van der Waals surface area contributed by atoms with Gasteiger partial charge in [-0.3, -0.25) is 0 Å². The highest BCUT2D eigenvalue weighted by Crippen LogP contribution is 2.51. The summed E-state index contributed by atoms with van der Waals surface area (Å²) in [4.78, 5) is 9.53. The van der Waals surface area contributed by atoms with Crippen LogP contribution in [-0.2, 0) is 0 Å². The third-order valence-corrected chi connectivity index (χ3v) is 14.8. The van der Waals surface area contributed by atoms with Crippen LogP contribution in [0.1, 0.15) is 34.8 Å². The van der Waals surface area contributed by atoms with Crippen LogP contribution in [0.25, 0.3) is 21.9 Å². The number of fused-ring (bicyclic) bond motifs is 8. The van der Waals surface area contributed by atoms with Crippen LogP contribution in [0.2, 0.25) is 0 Å². The number of aryl methyl sites for hydroxylation is 6. The lowest BCUT2D eigenvalue weighted by atomic mass is 9.33. The monoisotopic (exact) mass is 929 g/mol. The molecule has 0 saturated carbocycles. The van der Waals surface area contributed by atoms with Crippen molar-refractivity contribution >= 4 is 113 Å². The van der Waals surface area contributed by atoms with Gasteiger partial charge in [0.1, 0.15) is 5.58 Å². The van der Waals surface area contributed by atoms with Crippen molar-refractivity contribution in [3.63, 3.8) is 0 Å². The highest BCUT2D eigenvalue weighted by atomic mass is 16.3. The molecule has 3 heterocycles. The average Bonchev–Trinajstić information content (AvgIpc) is 3.80. The van der Waals surface area contributed by atoms with Crippen molar-refractivity contribution in [2.45, 2.75) is 41.5 Å². The molecule has 0 fully saturated rings. The third-order valence-electron chi connectivity index (χ3n) is 14.8. The Morgan fingerprint density at radius 1 is 0.403 bits per heavy atom. The van der Waals surface area contributed by atoms with Crippen molar-refractivity contribution in [1.29, 1.82) is 0 Å². The summed E-state index contributed by atoms with van der Waals surface area (Å²) in [7, 11) is 0. The molecule has 2 aliphatic rings. The molecule has 5 nitrogen and oxygen atoms in total. The van der Waals surface area contributed by atoms with Gasteiger partial charge in [0.2, 0.25) is 0 Å². The van der Waals surface area contributed by atoms with Gasteiger partial charge in [0.15, 0.2) is 5.58 Å². The average molecular weight is 930 g/mol. The minimum Gasteiger partial charge on any atom is -0.454 e. The van der Waals surface area contributed by atoms with Gasteiger partial charge < -0.3 is 24.0 Å². The van der Waals surface area contributed by atoms with Crippen LogP contribution >= 0.6 is 0 Å². The van der Waals surface area contributed by atoms with Gasteiger partial charge in [-0.15, -0.1) is 0 Å². The molecule has 0 N–H and O–H groups in total. The standard InChI is InChI=1S/C66H53BN4O/c1-42-14-26-48(27-15-42)68(49-28-16-43(2)17-29-49)54-38-39-56-59(40-54)70(52-34-22-46(5)23-35-52)57-11-9-12-58-64(57)67(56)65-60(71(58)53-36-24-47(6)25-37-53)41-61(66-63(65)55-10-7-8-13-62(55)72-66)69(50-30-18-44(3)19-31-50)51-32-20-45(4)21-33-51/h7-41H,1-6H3/i9D. The lowest BCUT2D eigenvalue weighted by Gasteiger charge is -2.45. The third kappa shape index (κ3) is 7.08. The Labute approximate surface area is 423 Å². The van der Waals surface area contributed by atoms with E-state index in [9.17, 15) is 1.37 Å². The predicted octanol–water partition coefficient (Wildman–Crippen LogP) is 16.5. The van der Waals surface area contributed by atoms with Crippen molar-refractivity contribution in [1.82, 2.24) is 0 Å². The van der Waals surface area contributed by atoms with Crippen LogP contribution in [-0.4, -0.2) is 6.71 Å². The van der Waals surface area contributed by atoms with E-state index in [0.717, 1.165) is 101 Å². The summed E-state index contributed by atoms with van der Waals surface area (Å²) in [6.07, 6.45) is 0. The largest absolute Gasteiger partial charge is 0.454 e. The maximum Gasteiger partial charge on any atom is 0.253 e. The lowest BCUT2D eigenvalue weighted by Crippen LogP contribution is -2.61. The Kier molecular flexibility index (Phi) is 9.95. The molecular formula is C66H53BN4O. The van der Waals surface area contributed by atoms with Gasteiger partial charge in [0, 0.05) is 73.3 Å². The van der Waals surface area contributed by atoms with Crippen LogP contribution in [0, 0.1) is 41.5 Å². The second kappa shape index (κ2) is 17.0. The van der Waals surface area contributed by atoms with Gasteiger partial charge in [-0.05, 0) is 167 Å². The molecule has 0 saturated heterocycles. The quantitative estimate of drug-likeness (QED) is 0.142. The zero-order valence-corrected chi connectivity index (χ0v) is 41.4. The molecule has 0 bridgehead atoms. The zero-order chi connectivity index (χ0) is 49.6. The summed E-state index contributed by atoms with van der Waals surface area (Å²) in [6.45, 7) is 12.6. The molecule has 1 aromatic heterocycles. The summed E-state index contributed by atoms with van der Waals surface area (Å²) in [5.74, 6) is 0. The van der Waals surface area contributed by atoms with E-state index >= 15 is 0 Å². The van der Waals surface area contributed by atoms with E-state index in [2.05, 4.69) is 267 Å². The normalized spacial score (nSPS) is 12.7. The fraction of sp³-hybridized carbons (Fsp3) is 0.0909. The maximum atomic E-state index is 9.78. The van der Waals surface area contributed by atoms with Crippen LogP contribution < -0.4 is 36.0 Å². The molecule has 10 aromatic carbocycles. The number of nitrogens with zero attached hydrogens (tertiary/aromatic N) is 4. The van der Waals surface area contributed by atoms with Gasteiger partial charge in [-0.1, -0.05) is 136 Å². The van der Waals surface area contributed by atoms with E-state index in [1.165, 1.54) is 38.8 Å². The molecule has 346 valence electrons. The summed E-state index contributed by atoms with van der Waals surface area (Å²) in [5.41, 5.74) is 24.5. The van der Waals surface area contributed by atoms with Gasteiger partial charge >= 0.3 is 0 Å². The molecule has 0 unspecified atom stereocenters. The molecule has 6 heteroatoms. The van der Waals surface area contributed by atoms with Crippen LogP contribution in [0.3, 0.4) is 0 Å². The summed E-state index contributed by atoms with van der Waals surface area (Å²) in [5, 5.41) is 2.12. The SMILES string of the molecule is [2H]c1cc2c3c(c1)N(c1ccc(C)cc1)c1cc(N(c4ccc(C)cc4)c4ccc(C)cc4)c4oc5ccccc5c4c1B3c1ccc(N(c3ccc(C)cc3)c3ccc(C)cc3)cc1N2c1ccc(C)cc1.